The quantitative estimate of drug-likeness (QED) is 0.862. The highest BCUT2D eigenvalue weighted by Crippen LogP contribution is 2.07. The fourth-order valence-corrected chi connectivity index (χ4v) is 2.19. The van der Waals surface area contributed by atoms with Crippen LogP contribution in [0.5, 0.6) is 0 Å². The minimum atomic E-state index is -0.406. The molecule has 2 aromatic rings. The predicted octanol–water partition coefficient (Wildman–Crippen LogP) is 3.28. The summed E-state index contributed by atoms with van der Waals surface area (Å²) in [7, 11) is 0. The number of esters is 1. The van der Waals surface area contributed by atoms with Crippen LogP contribution in [-0.2, 0) is 4.74 Å². The van der Waals surface area contributed by atoms with E-state index >= 15 is 0 Å². The van der Waals surface area contributed by atoms with E-state index in [9.17, 15) is 9.59 Å². The lowest BCUT2D eigenvalue weighted by Crippen LogP contribution is -2.33. The van der Waals surface area contributed by atoms with Crippen LogP contribution in [0.15, 0.2) is 48.5 Å². The Morgan fingerprint density at radius 2 is 1.57 bits per heavy atom. The summed E-state index contributed by atoms with van der Waals surface area (Å²) in [5.74, 6) is -0.557. The van der Waals surface area contributed by atoms with Crippen LogP contribution in [0.25, 0.3) is 0 Å². The first-order chi connectivity index (χ1) is 11.0. The zero-order chi connectivity index (χ0) is 16.8. The first kappa shape index (κ1) is 16.7. The predicted molar refractivity (Wildman–Crippen MR) is 89.6 cm³/mol. The van der Waals surface area contributed by atoms with Crippen LogP contribution in [0.1, 0.15) is 38.8 Å². The van der Waals surface area contributed by atoms with E-state index in [1.165, 1.54) is 0 Å². The van der Waals surface area contributed by atoms with Crippen LogP contribution < -0.4 is 5.32 Å². The lowest BCUT2D eigenvalue weighted by molar-refractivity contribution is 0.0337. The molecule has 1 unspecified atom stereocenters. The third-order valence-corrected chi connectivity index (χ3v) is 3.39. The molecule has 4 nitrogen and oxygen atoms in total. The van der Waals surface area contributed by atoms with Crippen LogP contribution in [0.3, 0.4) is 0 Å². The molecule has 1 amide bonds. The number of ether oxygens (including phenoxy) is 1. The molecule has 120 valence electrons. The molecule has 2 aromatic carbocycles. The van der Waals surface area contributed by atoms with E-state index in [0.29, 0.717) is 11.1 Å². The second-order valence-corrected chi connectivity index (χ2v) is 5.66. The average molecular weight is 311 g/mol. The number of hydrogen-bond donors (Lipinski definition) is 1. The molecule has 0 heterocycles. The van der Waals surface area contributed by atoms with E-state index in [1.54, 1.807) is 25.1 Å². The Hall–Kier alpha value is -2.62. The van der Waals surface area contributed by atoms with Gasteiger partial charge < -0.3 is 10.1 Å². The highest BCUT2D eigenvalue weighted by atomic mass is 16.5. The molecule has 4 heteroatoms. The van der Waals surface area contributed by atoms with E-state index in [2.05, 4.69) is 5.32 Å². The van der Waals surface area contributed by atoms with Crippen molar-refractivity contribution >= 4 is 11.9 Å². The van der Waals surface area contributed by atoms with Crippen LogP contribution in [-0.4, -0.2) is 24.5 Å². The molecule has 0 saturated heterocycles. The minimum absolute atomic E-state index is 0.174. The molecule has 0 aliphatic rings. The van der Waals surface area contributed by atoms with Crippen molar-refractivity contribution in [1.82, 2.24) is 5.32 Å². The summed E-state index contributed by atoms with van der Waals surface area (Å²) < 4.78 is 5.35. The second kappa shape index (κ2) is 7.58. The van der Waals surface area contributed by atoms with Crippen molar-refractivity contribution in [2.45, 2.75) is 26.9 Å². The lowest BCUT2D eigenvalue weighted by Gasteiger charge is -2.14. The van der Waals surface area contributed by atoms with Crippen LogP contribution in [0, 0.1) is 13.8 Å². The smallest absolute Gasteiger partial charge is 0.338 e. The molecule has 0 bridgehead atoms. The summed E-state index contributed by atoms with van der Waals surface area (Å²) in [6.45, 7) is 5.87. The van der Waals surface area contributed by atoms with E-state index in [-0.39, 0.29) is 18.4 Å². The van der Waals surface area contributed by atoms with Gasteiger partial charge in [-0.25, -0.2) is 4.79 Å². The van der Waals surface area contributed by atoms with Gasteiger partial charge in [-0.1, -0.05) is 35.4 Å². The van der Waals surface area contributed by atoms with Crippen LogP contribution >= 0.6 is 0 Å². The number of rotatable bonds is 5. The summed E-state index contributed by atoms with van der Waals surface area (Å²) in [4.78, 5) is 24.1. The topological polar surface area (TPSA) is 55.4 Å². The Morgan fingerprint density at radius 3 is 2.17 bits per heavy atom. The highest BCUT2D eigenvalue weighted by molar-refractivity contribution is 5.94. The zero-order valence-corrected chi connectivity index (χ0v) is 13.6. The molecule has 0 aliphatic carbocycles. The molecule has 0 aromatic heterocycles. The summed E-state index contributed by atoms with van der Waals surface area (Å²) in [6, 6.07) is 14.6. The number of aryl methyl sites for hydroxylation is 2. The molecule has 23 heavy (non-hydrogen) atoms. The molecule has 2 rings (SSSR count). The van der Waals surface area contributed by atoms with E-state index in [0.717, 1.165) is 11.1 Å². The molecule has 1 N–H and O–H groups in total. The van der Waals surface area contributed by atoms with Gasteiger partial charge in [-0.15, -0.1) is 0 Å². The average Bonchev–Trinajstić information content (AvgIpc) is 2.52. The summed E-state index contributed by atoms with van der Waals surface area (Å²) in [5.41, 5.74) is 3.14. The lowest BCUT2D eigenvalue weighted by atomic mass is 10.1. The van der Waals surface area contributed by atoms with Gasteiger partial charge in [-0.05, 0) is 45.0 Å². The van der Waals surface area contributed by atoms with Crippen molar-refractivity contribution in [2.24, 2.45) is 0 Å². The number of amides is 1. The summed E-state index contributed by atoms with van der Waals surface area (Å²) in [5, 5.41) is 2.78. The molecule has 0 radical (unpaired) electrons. The maximum Gasteiger partial charge on any atom is 0.338 e. The van der Waals surface area contributed by atoms with Gasteiger partial charge in [0.1, 0.15) is 6.10 Å². The van der Waals surface area contributed by atoms with Gasteiger partial charge in [-0.3, -0.25) is 4.79 Å². The van der Waals surface area contributed by atoms with Gasteiger partial charge in [0.05, 0.1) is 12.1 Å². The van der Waals surface area contributed by atoms with Gasteiger partial charge in [0.2, 0.25) is 0 Å². The van der Waals surface area contributed by atoms with Crippen molar-refractivity contribution in [3.8, 4) is 0 Å². The standard InChI is InChI=1S/C19H21NO3/c1-13-6-4-8-16(10-13)18(21)20-12-15(3)23-19(22)17-9-5-7-14(2)11-17/h4-11,15H,12H2,1-3H3,(H,20,21). The molecule has 0 fully saturated rings. The molecule has 0 saturated carbocycles. The first-order valence-corrected chi connectivity index (χ1v) is 7.58. The van der Waals surface area contributed by atoms with Gasteiger partial charge in [-0.2, -0.15) is 0 Å². The first-order valence-electron chi connectivity index (χ1n) is 7.58. The van der Waals surface area contributed by atoms with Crippen molar-refractivity contribution < 1.29 is 14.3 Å². The number of carbonyl (C=O) groups is 2. The minimum Gasteiger partial charge on any atom is -0.457 e. The molecule has 0 spiro atoms. The zero-order valence-electron chi connectivity index (χ0n) is 13.6. The maximum absolute atomic E-state index is 12.1. The largest absolute Gasteiger partial charge is 0.457 e. The SMILES string of the molecule is Cc1cccc(C(=O)NCC(C)OC(=O)c2cccc(C)c2)c1. The van der Waals surface area contributed by atoms with Gasteiger partial charge in [0.15, 0.2) is 0 Å². The van der Waals surface area contributed by atoms with Crippen LogP contribution in [0.2, 0.25) is 0 Å². The van der Waals surface area contributed by atoms with Crippen molar-refractivity contribution in [1.29, 1.82) is 0 Å². The molecule has 0 aliphatic heterocycles. The van der Waals surface area contributed by atoms with E-state index < -0.39 is 6.10 Å². The van der Waals surface area contributed by atoms with Gasteiger partial charge >= 0.3 is 5.97 Å². The fraction of sp³-hybridized carbons (Fsp3) is 0.263. The van der Waals surface area contributed by atoms with Crippen LogP contribution in [0.4, 0.5) is 0 Å². The Balaban J connectivity index is 1.86. The monoisotopic (exact) mass is 311 g/mol. The number of benzene rings is 2. The molecular formula is C19H21NO3. The number of hydrogen-bond acceptors (Lipinski definition) is 3. The number of carbonyl (C=O) groups excluding carboxylic acids is 2. The third kappa shape index (κ3) is 4.95. The van der Waals surface area contributed by atoms with Crippen molar-refractivity contribution in [2.75, 3.05) is 6.54 Å². The number of nitrogens with one attached hydrogen (secondary N) is 1. The van der Waals surface area contributed by atoms with Gasteiger partial charge in [0, 0.05) is 5.56 Å². The van der Waals surface area contributed by atoms with E-state index in [1.807, 2.05) is 44.2 Å². The summed E-state index contributed by atoms with van der Waals surface area (Å²) in [6.07, 6.45) is -0.406. The van der Waals surface area contributed by atoms with Crippen molar-refractivity contribution in [3.63, 3.8) is 0 Å². The second-order valence-electron chi connectivity index (χ2n) is 5.66. The maximum atomic E-state index is 12.1. The Morgan fingerprint density at radius 1 is 1.00 bits per heavy atom. The normalized spacial score (nSPS) is 11.6. The molecule has 1 atom stereocenters. The fourth-order valence-electron chi connectivity index (χ4n) is 2.19. The van der Waals surface area contributed by atoms with E-state index in [4.69, 9.17) is 4.74 Å². The summed E-state index contributed by atoms with van der Waals surface area (Å²) >= 11 is 0. The van der Waals surface area contributed by atoms with Crippen molar-refractivity contribution in [3.05, 3.63) is 70.8 Å². The molecular weight excluding hydrogens is 290 g/mol. The Kier molecular flexibility index (Phi) is 5.52. The highest BCUT2D eigenvalue weighted by Gasteiger charge is 2.13. The van der Waals surface area contributed by atoms with Gasteiger partial charge in [0.25, 0.3) is 5.91 Å². The Bertz CT molecular complexity index is 709. The third-order valence-electron chi connectivity index (χ3n) is 3.39. The Labute approximate surface area is 136 Å².